The Hall–Kier alpha value is -7.16. The summed E-state index contributed by atoms with van der Waals surface area (Å²) in [5.41, 5.74) is 12.1. The summed E-state index contributed by atoms with van der Waals surface area (Å²) in [6, 6.07) is 54.3. The first-order valence-electron chi connectivity index (χ1n) is 16.9. The van der Waals surface area contributed by atoms with Gasteiger partial charge >= 0.3 is 0 Å². The lowest BCUT2D eigenvalue weighted by molar-refractivity contribution is 0.666. The van der Waals surface area contributed by atoms with Gasteiger partial charge in [-0.15, -0.1) is 0 Å². The lowest BCUT2D eigenvalue weighted by atomic mass is 9.98. The van der Waals surface area contributed by atoms with Gasteiger partial charge in [0.25, 0.3) is 0 Å². The Morgan fingerprint density at radius 3 is 2.04 bits per heavy atom. The number of hydrogen-bond acceptors (Lipinski definition) is 4. The van der Waals surface area contributed by atoms with Gasteiger partial charge < -0.3 is 13.4 Å². The molecular weight excluding hydrogens is 627 g/mol. The van der Waals surface area contributed by atoms with E-state index in [1.54, 1.807) is 0 Å². The second-order valence-corrected chi connectivity index (χ2v) is 13.1. The Kier molecular flexibility index (Phi) is 5.67. The van der Waals surface area contributed by atoms with E-state index >= 15 is 0 Å². The first kappa shape index (κ1) is 27.8. The highest BCUT2D eigenvalue weighted by Crippen LogP contribution is 2.42. The second-order valence-electron chi connectivity index (χ2n) is 13.1. The minimum Gasteiger partial charge on any atom is -0.456 e. The maximum absolute atomic E-state index is 9.68. The molecule has 7 aromatic carbocycles. The van der Waals surface area contributed by atoms with Crippen LogP contribution in [-0.2, 0) is 0 Å². The quantitative estimate of drug-likeness (QED) is 0.191. The van der Waals surface area contributed by atoms with Crippen molar-refractivity contribution in [1.29, 1.82) is 5.26 Å². The summed E-state index contributed by atoms with van der Waals surface area (Å²) < 4.78 is 15.1. The number of para-hydroxylation sites is 3. The number of rotatable bonds is 3. The van der Waals surface area contributed by atoms with E-state index in [2.05, 4.69) is 95.6 Å². The van der Waals surface area contributed by atoms with E-state index in [0.29, 0.717) is 5.56 Å². The van der Waals surface area contributed by atoms with Gasteiger partial charge in [-0.2, -0.15) is 5.26 Å². The Morgan fingerprint density at radius 2 is 1.22 bits per heavy atom. The monoisotopic (exact) mass is 651 g/mol. The Morgan fingerprint density at radius 1 is 0.490 bits per heavy atom. The van der Waals surface area contributed by atoms with E-state index in [1.807, 2.05) is 66.7 Å². The molecule has 0 amide bonds. The summed E-state index contributed by atoms with van der Waals surface area (Å²) in [6.45, 7) is 0. The number of aromatic nitrogens is 2. The number of pyridine rings is 1. The molecule has 0 spiro atoms. The lowest BCUT2D eigenvalue weighted by Gasteiger charge is -2.09. The minimum atomic E-state index is 0.641. The lowest BCUT2D eigenvalue weighted by Crippen LogP contribution is -1.93. The van der Waals surface area contributed by atoms with Crippen molar-refractivity contribution in [3.8, 4) is 34.1 Å². The standard InChI is InChI=1S/C46H25N3O2/c47-26-27-14-20-32-35-23-30(19-21-39(35)49(40(32)22-27)31-8-2-1-3-9-31)28-15-17-29(18-16-28)45-44-34-11-5-7-13-42(34)51-46(44)37-25-43-36(24-38(37)48-45)33-10-4-6-12-41(33)50-43/h1-25H. The molecule has 5 heteroatoms. The van der Waals surface area contributed by atoms with Gasteiger partial charge in [0.1, 0.15) is 22.3 Å². The van der Waals surface area contributed by atoms with Crippen molar-refractivity contribution in [2.45, 2.75) is 0 Å². The number of furan rings is 2. The van der Waals surface area contributed by atoms with Gasteiger partial charge in [-0.25, -0.2) is 4.98 Å². The van der Waals surface area contributed by atoms with Crippen molar-refractivity contribution in [1.82, 2.24) is 9.55 Å². The number of fused-ring (bicyclic) bond motifs is 11. The van der Waals surface area contributed by atoms with E-state index in [-0.39, 0.29) is 0 Å². The maximum atomic E-state index is 9.68. The molecule has 0 unspecified atom stereocenters. The smallest absolute Gasteiger partial charge is 0.147 e. The van der Waals surface area contributed by atoms with Gasteiger partial charge in [0.2, 0.25) is 0 Å². The van der Waals surface area contributed by atoms with Crippen LogP contribution in [0.15, 0.2) is 160 Å². The van der Waals surface area contributed by atoms with Crippen LogP contribution >= 0.6 is 0 Å². The summed E-state index contributed by atoms with van der Waals surface area (Å²) in [4.78, 5) is 5.33. The van der Waals surface area contributed by atoms with Crippen LogP contribution in [0.25, 0.3) is 105 Å². The molecule has 4 aromatic heterocycles. The zero-order valence-corrected chi connectivity index (χ0v) is 27.1. The van der Waals surface area contributed by atoms with Crippen LogP contribution in [0.2, 0.25) is 0 Å². The van der Waals surface area contributed by atoms with Crippen LogP contribution in [-0.4, -0.2) is 9.55 Å². The van der Waals surface area contributed by atoms with Crippen LogP contribution < -0.4 is 0 Å². The fraction of sp³-hybridized carbons (Fsp3) is 0. The summed E-state index contributed by atoms with van der Waals surface area (Å²) in [7, 11) is 0. The average Bonchev–Trinajstić information content (AvgIpc) is 3.86. The number of nitrogens with zero attached hydrogens (tertiary/aromatic N) is 3. The van der Waals surface area contributed by atoms with Gasteiger partial charge in [0.15, 0.2) is 0 Å². The molecule has 0 saturated carbocycles. The number of benzene rings is 7. The molecule has 0 saturated heterocycles. The summed E-state index contributed by atoms with van der Waals surface area (Å²) in [5.74, 6) is 0. The Bertz CT molecular complexity index is 3250. The third-order valence-corrected chi connectivity index (χ3v) is 10.2. The summed E-state index contributed by atoms with van der Waals surface area (Å²) in [5, 5.41) is 17.0. The molecule has 0 bridgehead atoms. The van der Waals surface area contributed by atoms with Crippen molar-refractivity contribution >= 4 is 76.6 Å². The minimum absolute atomic E-state index is 0.641. The van der Waals surface area contributed by atoms with Gasteiger partial charge in [-0.1, -0.05) is 91.0 Å². The Balaban J connectivity index is 1.09. The predicted molar refractivity (Wildman–Crippen MR) is 206 cm³/mol. The summed E-state index contributed by atoms with van der Waals surface area (Å²) >= 11 is 0. The molecule has 0 aliphatic heterocycles. The highest BCUT2D eigenvalue weighted by Gasteiger charge is 2.20. The molecule has 11 rings (SSSR count). The number of hydrogen-bond donors (Lipinski definition) is 0. The van der Waals surface area contributed by atoms with Crippen molar-refractivity contribution in [3.05, 3.63) is 157 Å². The molecule has 5 nitrogen and oxygen atoms in total. The van der Waals surface area contributed by atoms with E-state index in [4.69, 9.17) is 13.8 Å². The largest absolute Gasteiger partial charge is 0.456 e. The van der Waals surface area contributed by atoms with E-state index in [0.717, 1.165) is 105 Å². The molecule has 0 aliphatic carbocycles. The SMILES string of the molecule is N#Cc1ccc2c3cc(-c4ccc(-c5nc6cc7c(cc6c6oc8ccccc8c56)oc5ccccc57)cc4)ccc3n(-c3ccccc3)c2c1. The Labute approximate surface area is 290 Å². The first-order valence-corrected chi connectivity index (χ1v) is 16.9. The average molecular weight is 652 g/mol. The molecule has 0 aliphatic rings. The highest BCUT2D eigenvalue weighted by atomic mass is 16.3. The zero-order valence-electron chi connectivity index (χ0n) is 27.1. The van der Waals surface area contributed by atoms with Gasteiger partial charge in [-0.3, -0.25) is 0 Å². The zero-order chi connectivity index (χ0) is 33.6. The fourth-order valence-corrected chi connectivity index (χ4v) is 7.84. The van der Waals surface area contributed by atoms with Gasteiger partial charge in [0.05, 0.1) is 39.3 Å². The highest BCUT2D eigenvalue weighted by molar-refractivity contribution is 6.22. The maximum Gasteiger partial charge on any atom is 0.147 e. The fourth-order valence-electron chi connectivity index (χ4n) is 7.84. The first-order chi connectivity index (χ1) is 25.2. The molecule has 11 aromatic rings. The van der Waals surface area contributed by atoms with Crippen molar-refractivity contribution in [3.63, 3.8) is 0 Å². The van der Waals surface area contributed by atoms with Crippen LogP contribution in [0.1, 0.15) is 5.56 Å². The summed E-state index contributed by atoms with van der Waals surface area (Å²) in [6.07, 6.45) is 0. The molecule has 51 heavy (non-hydrogen) atoms. The van der Waals surface area contributed by atoms with Crippen molar-refractivity contribution < 1.29 is 8.83 Å². The molecule has 0 atom stereocenters. The third kappa shape index (κ3) is 4.05. The van der Waals surface area contributed by atoms with Gasteiger partial charge in [-0.05, 0) is 71.8 Å². The second kappa shape index (κ2) is 10.4. The molecule has 4 heterocycles. The third-order valence-electron chi connectivity index (χ3n) is 10.2. The normalized spacial score (nSPS) is 11.9. The van der Waals surface area contributed by atoms with Crippen LogP contribution in [0, 0.1) is 11.3 Å². The van der Waals surface area contributed by atoms with Crippen LogP contribution in [0.3, 0.4) is 0 Å². The van der Waals surface area contributed by atoms with E-state index in [9.17, 15) is 5.26 Å². The molecule has 0 N–H and O–H groups in total. The van der Waals surface area contributed by atoms with Crippen LogP contribution in [0.4, 0.5) is 0 Å². The van der Waals surface area contributed by atoms with Gasteiger partial charge in [0, 0.05) is 43.6 Å². The van der Waals surface area contributed by atoms with E-state index in [1.165, 1.54) is 0 Å². The van der Waals surface area contributed by atoms with Crippen LogP contribution in [0.5, 0.6) is 0 Å². The van der Waals surface area contributed by atoms with Crippen molar-refractivity contribution in [2.24, 2.45) is 0 Å². The molecule has 236 valence electrons. The molecular formula is C46H25N3O2. The number of nitriles is 1. The van der Waals surface area contributed by atoms with E-state index < -0.39 is 0 Å². The topological polar surface area (TPSA) is 67.9 Å². The molecule has 0 fully saturated rings. The van der Waals surface area contributed by atoms with Crippen molar-refractivity contribution in [2.75, 3.05) is 0 Å². The predicted octanol–water partition coefficient (Wildman–Crippen LogP) is 12.3. The molecule has 0 radical (unpaired) electrons.